The van der Waals surface area contributed by atoms with E-state index in [-0.39, 0.29) is 0 Å². The van der Waals surface area contributed by atoms with E-state index in [0.29, 0.717) is 6.04 Å². The zero-order chi connectivity index (χ0) is 8.67. The van der Waals surface area contributed by atoms with Crippen molar-refractivity contribution in [3.63, 3.8) is 0 Å². The third-order valence-electron chi connectivity index (χ3n) is 2.70. The number of rotatable bonds is 2. The lowest BCUT2D eigenvalue weighted by atomic mass is 10.3. The van der Waals surface area contributed by atoms with Gasteiger partial charge in [0.2, 0.25) is 0 Å². The molecule has 2 unspecified atom stereocenters. The van der Waals surface area contributed by atoms with Crippen LogP contribution in [0, 0.1) is 0 Å². The molecule has 3 aliphatic heterocycles. The van der Waals surface area contributed by atoms with Crippen molar-refractivity contribution in [3.05, 3.63) is 11.8 Å². The maximum absolute atomic E-state index is 5.55. The summed E-state index contributed by atoms with van der Waals surface area (Å²) in [6.45, 7) is 5.83. The van der Waals surface area contributed by atoms with Gasteiger partial charge in [-0.05, 0) is 6.08 Å². The van der Waals surface area contributed by atoms with Crippen molar-refractivity contribution in [2.24, 2.45) is 0 Å². The van der Waals surface area contributed by atoms with Crippen LogP contribution in [0.1, 0.15) is 0 Å². The summed E-state index contributed by atoms with van der Waals surface area (Å²) in [5.41, 5.74) is 0. The van der Waals surface area contributed by atoms with Gasteiger partial charge in [-0.1, -0.05) is 0 Å². The summed E-state index contributed by atoms with van der Waals surface area (Å²) in [6, 6.07) is 0.594. The summed E-state index contributed by atoms with van der Waals surface area (Å²) >= 11 is 0. The molecule has 13 heavy (non-hydrogen) atoms. The number of fused-ring (bicyclic) bond motifs is 1. The van der Waals surface area contributed by atoms with E-state index in [1.807, 2.05) is 5.06 Å². The van der Waals surface area contributed by atoms with Crippen LogP contribution in [0.2, 0.25) is 0 Å². The summed E-state index contributed by atoms with van der Waals surface area (Å²) in [5, 5.41) is 2.01. The van der Waals surface area contributed by atoms with E-state index in [4.69, 9.17) is 9.57 Å². The Kier molecular flexibility index (Phi) is 1.78. The lowest BCUT2D eigenvalue weighted by molar-refractivity contribution is -0.0221. The number of hydrogen-bond acceptors (Lipinski definition) is 4. The highest BCUT2D eigenvalue weighted by Crippen LogP contribution is 2.30. The van der Waals surface area contributed by atoms with Crippen molar-refractivity contribution in [1.29, 1.82) is 0 Å². The maximum Gasteiger partial charge on any atom is 0.136 e. The summed E-state index contributed by atoms with van der Waals surface area (Å²) in [6.07, 6.45) is 2.23. The third-order valence-corrected chi connectivity index (χ3v) is 2.70. The van der Waals surface area contributed by atoms with Crippen molar-refractivity contribution in [3.8, 4) is 0 Å². The number of morpholine rings is 1. The fourth-order valence-electron chi connectivity index (χ4n) is 1.83. The molecule has 0 N–H and O–H groups in total. The van der Waals surface area contributed by atoms with E-state index in [0.717, 1.165) is 45.2 Å². The van der Waals surface area contributed by atoms with Gasteiger partial charge >= 0.3 is 0 Å². The molecule has 0 amide bonds. The molecule has 3 heterocycles. The summed E-state index contributed by atoms with van der Waals surface area (Å²) in [4.78, 5) is 7.93. The topological polar surface area (TPSA) is 24.7 Å². The molecule has 0 saturated carbocycles. The van der Waals surface area contributed by atoms with Crippen LogP contribution in [0.4, 0.5) is 0 Å². The molecule has 0 aliphatic carbocycles. The highest BCUT2D eigenvalue weighted by atomic mass is 16.7. The van der Waals surface area contributed by atoms with Crippen molar-refractivity contribution in [1.82, 2.24) is 9.96 Å². The van der Waals surface area contributed by atoms with Crippen LogP contribution in [-0.4, -0.2) is 55.4 Å². The molecule has 3 aliphatic rings. The molecule has 0 aromatic rings. The largest absolute Gasteiger partial charge is 0.409 e. The Labute approximate surface area is 77.7 Å². The summed E-state index contributed by atoms with van der Waals surface area (Å²) in [5.74, 6) is 1.12. The van der Waals surface area contributed by atoms with Gasteiger partial charge in [-0.2, -0.15) is 0 Å². The lowest BCUT2D eigenvalue weighted by Gasteiger charge is -2.26. The molecule has 0 radical (unpaired) electrons. The van der Waals surface area contributed by atoms with Crippen molar-refractivity contribution in [2.45, 2.75) is 6.04 Å². The zero-order valence-electron chi connectivity index (χ0n) is 7.61. The van der Waals surface area contributed by atoms with Gasteiger partial charge in [0.25, 0.3) is 0 Å². The molecule has 4 heteroatoms. The van der Waals surface area contributed by atoms with Crippen LogP contribution in [-0.2, 0) is 9.57 Å². The smallest absolute Gasteiger partial charge is 0.136 e. The zero-order valence-corrected chi connectivity index (χ0v) is 7.61. The second kappa shape index (κ2) is 2.97. The van der Waals surface area contributed by atoms with Crippen LogP contribution in [0.15, 0.2) is 11.8 Å². The average molecular weight is 182 g/mol. The van der Waals surface area contributed by atoms with Crippen molar-refractivity contribution in [2.75, 3.05) is 39.4 Å². The average Bonchev–Trinajstić information content (AvgIpc) is 2.76. The molecule has 0 spiro atoms. The van der Waals surface area contributed by atoms with E-state index in [9.17, 15) is 0 Å². The first kappa shape index (κ1) is 7.79. The maximum atomic E-state index is 5.55. The lowest BCUT2D eigenvalue weighted by Crippen LogP contribution is -2.37. The Bertz CT molecular complexity index is 236. The highest BCUT2D eigenvalue weighted by Gasteiger charge is 2.41. The molecule has 2 saturated heterocycles. The van der Waals surface area contributed by atoms with Crippen molar-refractivity contribution >= 4 is 0 Å². The molecular weight excluding hydrogens is 168 g/mol. The van der Waals surface area contributed by atoms with E-state index >= 15 is 0 Å². The molecule has 3 rings (SSSR count). The molecule has 4 nitrogen and oxygen atoms in total. The van der Waals surface area contributed by atoms with Gasteiger partial charge in [0, 0.05) is 13.1 Å². The Morgan fingerprint density at radius 2 is 2.23 bits per heavy atom. The number of hydroxylamine groups is 2. The molecule has 2 fully saturated rings. The third kappa shape index (κ3) is 1.57. The number of nitrogens with zero attached hydrogens (tertiary/aromatic N) is 2. The van der Waals surface area contributed by atoms with Gasteiger partial charge in [-0.15, -0.1) is 5.06 Å². The fraction of sp³-hybridized carbons (Fsp3) is 0.778. The first-order chi connectivity index (χ1) is 6.42. The molecule has 0 aromatic carbocycles. The van der Waals surface area contributed by atoms with Gasteiger partial charge in [-0.25, -0.2) is 0 Å². The normalized spacial score (nSPS) is 38.0. The molecule has 72 valence electrons. The van der Waals surface area contributed by atoms with E-state index in [1.54, 1.807) is 0 Å². The SMILES string of the molecule is C1=C(CN2CCOCC2)ON2CC12. The van der Waals surface area contributed by atoms with Crippen LogP contribution >= 0.6 is 0 Å². The standard InChI is InChI=1S/C9H14N2O2/c1-3-12-4-2-10(1)7-9-5-8-6-11(8)13-9/h5,8H,1-4,6-7H2. The molecular formula is C9H14N2O2. The van der Waals surface area contributed by atoms with E-state index in [2.05, 4.69) is 11.0 Å². The van der Waals surface area contributed by atoms with Gasteiger partial charge in [-0.3, -0.25) is 4.90 Å². The number of hydrogen-bond donors (Lipinski definition) is 0. The first-order valence-corrected chi connectivity index (χ1v) is 4.87. The van der Waals surface area contributed by atoms with Crippen LogP contribution in [0.3, 0.4) is 0 Å². The minimum Gasteiger partial charge on any atom is -0.409 e. The molecule has 0 bridgehead atoms. The van der Waals surface area contributed by atoms with Gasteiger partial charge < -0.3 is 9.57 Å². The van der Waals surface area contributed by atoms with Gasteiger partial charge in [0.05, 0.1) is 32.3 Å². The molecule has 2 atom stereocenters. The second-order valence-electron chi connectivity index (χ2n) is 3.78. The molecule has 0 aromatic heterocycles. The Hall–Kier alpha value is -0.580. The number of ether oxygens (including phenoxy) is 1. The highest BCUT2D eigenvalue weighted by molar-refractivity contribution is 5.14. The minimum absolute atomic E-state index is 0.594. The van der Waals surface area contributed by atoms with Crippen molar-refractivity contribution < 1.29 is 9.57 Å². The predicted molar refractivity (Wildman–Crippen MR) is 46.9 cm³/mol. The van der Waals surface area contributed by atoms with Gasteiger partial charge in [0.15, 0.2) is 0 Å². The van der Waals surface area contributed by atoms with E-state index < -0.39 is 0 Å². The van der Waals surface area contributed by atoms with Crippen LogP contribution in [0.25, 0.3) is 0 Å². The second-order valence-corrected chi connectivity index (χ2v) is 3.78. The fourth-order valence-corrected chi connectivity index (χ4v) is 1.83. The van der Waals surface area contributed by atoms with Crippen LogP contribution in [0.5, 0.6) is 0 Å². The van der Waals surface area contributed by atoms with Crippen LogP contribution < -0.4 is 0 Å². The predicted octanol–water partition coefficient (Wildman–Crippen LogP) is -0.168. The summed E-state index contributed by atoms with van der Waals surface area (Å²) in [7, 11) is 0. The summed E-state index contributed by atoms with van der Waals surface area (Å²) < 4.78 is 5.28. The minimum atomic E-state index is 0.594. The monoisotopic (exact) mass is 182 g/mol. The first-order valence-electron chi connectivity index (χ1n) is 4.87. The Morgan fingerprint density at radius 3 is 2.92 bits per heavy atom. The Morgan fingerprint density at radius 1 is 1.38 bits per heavy atom. The van der Waals surface area contributed by atoms with E-state index in [1.165, 1.54) is 0 Å². The Balaban J connectivity index is 1.53. The van der Waals surface area contributed by atoms with Gasteiger partial charge in [0.1, 0.15) is 5.76 Å². The quantitative estimate of drug-likeness (QED) is 0.554.